The molecule has 1 saturated heterocycles. The Morgan fingerprint density at radius 3 is 2.38 bits per heavy atom. The summed E-state index contributed by atoms with van der Waals surface area (Å²) in [7, 11) is 3.88. The van der Waals surface area contributed by atoms with E-state index in [2.05, 4.69) is 37.9 Å². The van der Waals surface area contributed by atoms with Crippen LogP contribution in [0.2, 0.25) is 0 Å². The highest BCUT2D eigenvalue weighted by Gasteiger charge is 2.39. The molecule has 230 valence electrons. The lowest BCUT2D eigenvalue weighted by atomic mass is 10.0. The minimum Gasteiger partial charge on any atom is -0.366 e. The Bertz CT molecular complexity index is 1240. The number of hydrogen-bond donors (Lipinski definition) is 4. The number of rotatable bonds is 9. The lowest BCUT2D eigenvalue weighted by molar-refractivity contribution is -0.137. The van der Waals surface area contributed by atoms with E-state index >= 15 is 0 Å². The van der Waals surface area contributed by atoms with Crippen LogP contribution in [0.3, 0.4) is 0 Å². The maximum atomic E-state index is 13.9. The smallest absolute Gasteiger partial charge is 0.366 e. The van der Waals surface area contributed by atoms with E-state index < -0.39 is 35.1 Å². The Morgan fingerprint density at radius 2 is 1.76 bits per heavy atom. The molecule has 1 aliphatic heterocycles. The van der Waals surface area contributed by atoms with Gasteiger partial charge in [0.1, 0.15) is 11.4 Å². The average Bonchev–Trinajstić information content (AvgIpc) is 3.39. The number of carbonyl (C=O) groups is 2. The molecule has 13 heteroatoms. The molecule has 2 fully saturated rings. The summed E-state index contributed by atoms with van der Waals surface area (Å²) < 4.78 is 41.6. The van der Waals surface area contributed by atoms with E-state index in [0.717, 1.165) is 32.1 Å². The van der Waals surface area contributed by atoms with Crippen molar-refractivity contribution in [2.75, 3.05) is 44.4 Å². The van der Waals surface area contributed by atoms with Crippen LogP contribution in [0.1, 0.15) is 61.9 Å². The van der Waals surface area contributed by atoms with Gasteiger partial charge in [0.15, 0.2) is 0 Å². The lowest BCUT2D eigenvalue weighted by Gasteiger charge is -2.35. The normalized spacial score (nSPS) is 20.3. The minimum atomic E-state index is -4.69. The van der Waals surface area contributed by atoms with Crippen LogP contribution < -0.4 is 21.7 Å². The molecule has 1 aromatic heterocycles. The summed E-state index contributed by atoms with van der Waals surface area (Å²) in [5, 5.41) is 8.62. The van der Waals surface area contributed by atoms with Gasteiger partial charge in [-0.05, 0) is 83.9 Å². The Labute approximate surface area is 244 Å². The van der Waals surface area contributed by atoms with Crippen LogP contribution >= 0.6 is 0 Å². The Balaban J connectivity index is 1.46. The van der Waals surface area contributed by atoms with E-state index in [1.807, 2.05) is 7.05 Å². The number of halogens is 3. The molecule has 0 unspecified atom stereocenters. The fourth-order valence-corrected chi connectivity index (χ4v) is 5.40. The zero-order chi connectivity index (χ0) is 30.7. The number of alkyl halides is 3. The van der Waals surface area contributed by atoms with E-state index in [1.165, 1.54) is 0 Å². The molecule has 1 aromatic carbocycles. The van der Waals surface area contributed by atoms with Gasteiger partial charge in [0.05, 0.1) is 5.92 Å². The topological polar surface area (TPSA) is 129 Å². The molecule has 10 nitrogen and oxygen atoms in total. The monoisotopic (exact) mass is 590 g/mol. The van der Waals surface area contributed by atoms with Gasteiger partial charge in [-0.15, -0.1) is 0 Å². The van der Waals surface area contributed by atoms with E-state index in [1.54, 1.807) is 43.0 Å². The van der Waals surface area contributed by atoms with E-state index in [4.69, 9.17) is 5.73 Å². The molecule has 0 bridgehead atoms. The predicted molar refractivity (Wildman–Crippen MR) is 155 cm³/mol. The summed E-state index contributed by atoms with van der Waals surface area (Å²) in [6.45, 7) is 5.70. The van der Waals surface area contributed by atoms with Crippen molar-refractivity contribution in [2.24, 2.45) is 11.7 Å². The number of nitrogens with zero attached hydrogens (tertiary/aromatic N) is 4. The largest absolute Gasteiger partial charge is 0.421 e. The molecule has 2 atom stereocenters. The summed E-state index contributed by atoms with van der Waals surface area (Å²) in [6, 6.07) is 6.32. The van der Waals surface area contributed by atoms with Crippen LogP contribution in [0, 0.1) is 5.92 Å². The maximum Gasteiger partial charge on any atom is 0.421 e. The first-order valence-electron chi connectivity index (χ1n) is 14.3. The van der Waals surface area contributed by atoms with Gasteiger partial charge in [0.2, 0.25) is 11.9 Å². The van der Waals surface area contributed by atoms with Crippen LogP contribution in [0.5, 0.6) is 0 Å². The summed E-state index contributed by atoms with van der Waals surface area (Å²) in [4.78, 5) is 37.9. The van der Waals surface area contributed by atoms with Crippen LogP contribution in [0.25, 0.3) is 0 Å². The van der Waals surface area contributed by atoms with Crippen LogP contribution in [0.15, 0.2) is 30.5 Å². The van der Waals surface area contributed by atoms with Crippen LogP contribution in [-0.2, 0) is 11.0 Å². The first kappa shape index (κ1) is 31.5. The quantitative estimate of drug-likeness (QED) is 0.347. The number of benzene rings is 1. The molecular weight excluding hydrogens is 549 g/mol. The number of carbonyl (C=O) groups excluding carboxylic acids is 2. The predicted octanol–water partition coefficient (Wildman–Crippen LogP) is 3.84. The number of likely N-dealkylation sites (tertiary alicyclic amines) is 1. The molecule has 2 heterocycles. The van der Waals surface area contributed by atoms with Gasteiger partial charge in [-0.3, -0.25) is 9.59 Å². The molecule has 42 heavy (non-hydrogen) atoms. The highest BCUT2D eigenvalue weighted by molar-refractivity contribution is 5.94. The van der Waals surface area contributed by atoms with Gasteiger partial charge in [-0.2, -0.15) is 18.2 Å². The molecular formula is C29H41F3N8O2. The van der Waals surface area contributed by atoms with Gasteiger partial charge in [-0.1, -0.05) is 6.42 Å². The number of nitrogens with two attached hydrogens (primary N) is 1. The number of amides is 2. The third kappa shape index (κ3) is 8.09. The number of nitrogens with one attached hydrogen (secondary N) is 3. The average molecular weight is 591 g/mol. The minimum absolute atomic E-state index is 0.0445. The van der Waals surface area contributed by atoms with E-state index in [0.29, 0.717) is 30.5 Å². The Kier molecular flexibility index (Phi) is 9.61. The second kappa shape index (κ2) is 12.8. The molecule has 2 aromatic rings. The van der Waals surface area contributed by atoms with Crippen molar-refractivity contribution < 1.29 is 22.8 Å². The first-order valence-corrected chi connectivity index (χ1v) is 14.3. The van der Waals surface area contributed by atoms with Crippen LogP contribution in [0.4, 0.5) is 30.6 Å². The Morgan fingerprint density at radius 1 is 1.10 bits per heavy atom. The summed E-state index contributed by atoms with van der Waals surface area (Å²) in [5.41, 5.74) is 5.37. The maximum absolute atomic E-state index is 13.9. The third-order valence-electron chi connectivity index (χ3n) is 7.93. The van der Waals surface area contributed by atoms with Gasteiger partial charge in [0, 0.05) is 48.7 Å². The van der Waals surface area contributed by atoms with Gasteiger partial charge in [-0.25, -0.2) is 4.98 Å². The zero-order valence-corrected chi connectivity index (χ0v) is 24.6. The van der Waals surface area contributed by atoms with Crippen molar-refractivity contribution in [2.45, 2.75) is 69.8 Å². The highest BCUT2D eigenvalue weighted by atomic mass is 19.4. The SMILES string of the molecule is CN1CCC(N(C)C(=O)c2ccc(Nc3ncc(C(F)(F)F)c(N[C@@H]4CCC[C@@H]4C(=O)NCC(C)(C)N)n3)cc2)CC1. The summed E-state index contributed by atoms with van der Waals surface area (Å²) in [6.07, 6.45) is -0.372. The molecule has 2 aliphatic rings. The summed E-state index contributed by atoms with van der Waals surface area (Å²) in [5.74, 6) is -1.29. The molecule has 4 rings (SSSR count). The standard InChI is InChI=1S/C29H41F3N8O2/c1-28(2,33)17-35-25(41)21-6-5-7-23(21)37-24-22(29(30,31)32)16-34-27(38-24)36-19-10-8-18(9-11-19)26(42)40(4)20-12-14-39(3)15-13-20/h8-11,16,20-21,23H,5-7,12-15,17,33H2,1-4H3,(H,35,41)(H2,34,36,37,38)/t21-,23+/m0/s1. The van der Waals surface area contributed by atoms with Crippen LogP contribution in [-0.4, -0.2) is 82.9 Å². The molecule has 1 aliphatic carbocycles. The van der Waals surface area contributed by atoms with Gasteiger partial charge < -0.3 is 31.5 Å². The lowest BCUT2D eigenvalue weighted by Crippen LogP contribution is -2.48. The van der Waals surface area contributed by atoms with Crippen molar-refractivity contribution in [3.8, 4) is 0 Å². The second-order valence-electron chi connectivity index (χ2n) is 12.1. The first-order chi connectivity index (χ1) is 19.7. The molecule has 2 amide bonds. The van der Waals surface area contributed by atoms with E-state index in [9.17, 15) is 22.8 Å². The second-order valence-corrected chi connectivity index (χ2v) is 12.1. The van der Waals surface area contributed by atoms with E-state index in [-0.39, 0.29) is 30.3 Å². The Hall–Kier alpha value is -3.45. The molecule has 0 radical (unpaired) electrons. The fourth-order valence-electron chi connectivity index (χ4n) is 5.40. The molecule has 0 spiro atoms. The van der Waals surface area contributed by atoms with Gasteiger partial charge >= 0.3 is 6.18 Å². The zero-order valence-electron chi connectivity index (χ0n) is 24.6. The third-order valence-corrected chi connectivity index (χ3v) is 7.93. The molecule has 1 saturated carbocycles. The number of hydrogen-bond acceptors (Lipinski definition) is 8. The number of piperidine rings is 1. The number of aromatic nitrogens is 2. The van der Waals surface area contributed by atoms with Crippen molar-refractivity contribution in [3.05, 3.63) is 41.6 Å². The van der Waals surface area contributed by atoms with Crippen molar-refractivity contribution in [1.29, 1.82) is 0 Å². The fraction of sp³-hybridized carbons (Fsp3) is 0.586. The molecule has 5 N–H and O–H groups in total. The van der Waals surface area contributed by atoms with Crippen molar-refractivity contribution >= 4 is 29.3 Å². The number of anilines is 3. The highest BCUT2D eigenvalue weighted by Crippen LogP contribution is 2.37. The summed E-state index contributed by atoms with van der Waals surface area (Å²) >= 11 is 0. The van der Waals surface area contributed by atoms with Crippen molar-refractivity contribution in [3.63, 3.8) is 0 Å². The van der Waals surface area contributed by atoms with Crippen molar-refractivity contribution in [1.82, 2.24) is 25.1 Å². The van der Waals surface area contributed by atoms with Gasteiger partial charge in [0.25, 0.3) is 5.91 Å².